The molecular weight excluding hydrogens is 444 g/mol. The van der Waals surface area contributed by atoms with Crippen LogP contribution in [0.3, 0.4) is 0 Å². The predicted octanol–water partition coefficient (Wildman–Crippen LogP) is 4.26. The smallest absolute Gasteiger partial charge is 0.407 e. The highest BCUT2D eigenvalue weighted by molar-refractivity contribution is 5.81. The molecule has 0 saturated heterocycles. The Morgan fingerprint density at radius 1 is 1.00 bits per heavy atom. The van der Waals surface area contributed by atoms with E-state index in [4.69, 9.17) is 9.84 Å². The Bertz CT molecular complexity index is 1080. The van der Waals surface area contributed by atoms with Crippen molar-refractivity contribution in [2.75, 3.05) is 20.2 Å². The van der Waals surface area contributed by atoms with Crippen molar-refractivity contribution in [1.29, 1.82) is 0 Å². The second kappa shape index (κ2) is 9.72. The number of ether oxygens (including phenoxy) is 1. The van der Waals surface area contributed by atoms with Gasteiger partial charge in [0, 0.05) is 31.5 Å². The van der Waals surface area contributed by atoms with Crippen LogP contribution in [0.1, 0.15) is 49.1 Å². The van der Waals surface area contributed by atoms with Crippen molar-refractivity contribution in [2.24, 2.45) is 17.8 Å². The van der Waals surface area contributed by atoms with E-state index in [0.717, 1.165) is 19.3 Å². The van der Waals surface area contributed by atoms with Gasteiger partial charge in [0.2, 0.25) is 5.91 Å². The molecule has 0 spiro atoms. The van der Waals surface area contributed by atoms with E-state index < -0.39 is 12.1 Å². The first-order chi connectivity index (χ1) is 16.9. The molecule has 7 nitrogen and oxygen atoms in total. The molecule has 3 aliphatic carbocycles. The van der Waals surface area contributed by atoms with Crippen LogP contribution in [0.2, 0.25) is 0 Å². The highest BCUT2D eigenvalue weighted by Crippen LogP contribution is 2.44. The number of benzene rings is 2. The van der Waals surface area contributed by atoms with Gasteiger partial charge in [-0.3, -0.25) is 9.59 Å². The van der Waals surface area contributed by atoms with Crippen molar-refractivity contribution >= 4 is 18.0 Å². The molecule has 35 heavy (non-hydrogen) atoms. The van der Waals surface area contributed by atoms with Gasteiger partial charge in [-0.2, -0.15) is 0 Å². The predicted molar refractivity (Wildman–Crippen MR) is 131 cm³/mol. The lowest BCUT2D eigenvalue weighted by molar-refractivity contribution is -0.151. The summed E-state index contributed by atoms with van der Waals surface area (Å²) in [4.78, 5) is 38.5. The first kappa shape index (κ1) is 23.4. The molecule has 2 fully saturated rings. The van der Waals surface area contributed by atoms with Gasteiger partial charge in [0.25, 0.3) is 0 Å². The van der Waals surface area contributed by atoms with E-state index in [1.165, 1.54) is 22.3 Å². The summed E-state index contributed by atoms with van der Waals surface area (Å²) in [5.74, 6) is -1.12. The van der Waals surface area contributed by atoms with Crippen LogP contribution in [0.15, 0.2) is 48.5 Å². The molecule has 3 aliphatic rings. The zero-order chi connectivity index (χ0) is 24.5. The number of carbonyl (C=O) groups excluding carboxylic acids is 2. The number of hydrogen-bond donors (Lipinski definition) is 2. The molecule has 0 unspecified atom stereocenters. The maximum absolute atomic E-state index is 13.1. The SMILES string of the molecule is CN(C(=O)[C@H]1CCC[C@H]1CNC(=O)OCC1c2ccccc2-c2ccccc21)C1CC(C(=O)O)C1. The van der Waals surface area contributed by atoms with Gasteiger partial charge in [-0.05, 0) is 53.9 Å². The van der Waals surface area contributed by atoms with Crippen LogP contribution in [0.25, 0.3) is 11.1 Å². The third kappa shape index (κ3) is 4.51. The van der Waals surface area contributed by atoms with Crippen LogP contribution in [0.5, 0.6) is 0 Å². The van der Waals surface area contributed by atoms with Crippen molar-refractivity contribution < 1.29 is 24.2 Å². The van der Waals surface area contributed by atoms with Gasteiger partial charge in [0.05, 0.1) is 5.92 Å². The summed E-state index contributed by atoms with van der Waals surface area (Å²) in [6.45, 7) is 0.672. The zero-order valence-electron chi connectivity index (χ0n) is 20.0. The number of alkyl carbamates (subject to hydrolysis) is 1. The lowest BCUT2D eigenvalue weighted by atomic mass is 9.79. The van der Waals surface area contributed by atoms with E-state index in [1.807, 2.05) is 24.3 Å². The number of carboxylic acid groups (broad SMARTS) is 1. The molecule has 0 bridgehead atoms. The quantitative estimate of drug-likeness (QED) is 0.622. The monoisotopic (exact) mass is 476 g/mol. The van der Waals surface area contributed by atoms with Gasteiger partial charge < -0.3 is 20.1 Å². The van der Waals surface area contributed by atoms with Crippen molar-refractivity contribution in [2.45, 2.75) is 44.1 Å². The summed E-state index contributed by atoms with van der Waals surface area (Å²) < 4.78 is 5.64. The van der Waals surface area contributed by atoms with Crippen molar-refractivity contribution in [1.82, 2.24) is 10.2 Å². The molecule has 0 radical (unpaired) electrons. The van der Waals surface area contributed by atoms with Crippen LogP contribution < -0.4 is 5.32 Å². The van der Waals surface area contributed by atoms with Crippen molar-refractivity contribution in [3.05, 3.63) is 59.7 Å². The Morgan fingerprint density at radius 3 is 2.26 bits per heavy atom. The normalized spacial score (nSPS) is 24.7. The van der Waals surface area contributed by atoms with E-state index in [1.54, 1.807) is 11.9 Å². The average Bonchev–Trinajstić information content (AvgIpc) is 3.42. The fourth-order valence-corrected chi connectivity index (χ4v) is 6.02. The van der Waals surface area contributed by atoms with Gasteiger partial charge in [0.1, 0.15) is 6.61 Å². The molecule has 2 N–H and O–H groups in total. The maximum Gasteiger partial charge on any atom is 0.407 e. The second-order valence-electron chi connectivity index (χ2n) is 10.1. The number of nitrogens with one attached hydrogen (secondary N) is 1. The summed E-state index contributed by atoms with van der Waals surface area (Å²) in [5, 5.41) is 12.0. The van der Waals surface area contributed by atoms with Crippen LogP contribution in [0, 0.1) is 17.8 Å². The summed E-state index contributed by atoms with van der Waals surface area (Å²) in [7, 11) is 1.78. The minimum Gasteiger partial charge on any atom is -0.481 e. The van der Waals surface area contributed by atoms with Gasteiger partial charge in [-0.1, -0.05) is 55.0 Å². The van der Waals surface area contributed by atoms with Gasteiger partial charge >= 0.3 is 12.1 Å². The average molecular weight is 477 g/mol. The number of rotatable bonds is 7. The second-order valence-corrected chi connectivity index (χ2v) is 10.1. The van der Waals surface area contributed by atoms with Crippen molar-refractivity contribution in [3.63, 3.8) is 0 Å². The number of carboxylic acids is 1. The van der Waals surface area contributed by atoms with Crippen molar-refractivity contribution in [3.8, 4) is 11.1 Å². The summed E-state index contributed by atoms with van der Waals surface area (Å²) in [5.41, 5.74) is 4.73. The van der Waals surface area contributed by atoms with Gasteiger partial charge in [0.15, 0.2) is 0 Å². The Hall–Kier alpha value is -3.35. The van der Waals surface area contributed by atoms with E-state index >= 15 is 0 Å². The van der Waals surface area contributed by atoms with Crippen LogP contribution >= 0.6 is 0 Å². The number of hydrogen-bond acceptors (Lipinski definition) is 4. The maximum atomic E-state index is 13.1. The standard InChI is InChI=1S/C28H32N2O5/c1-30(19-13-18(14-19)27(32)33)26(31)20-12-6-7-17(20)15-29-28(34)35-16-25-23-10-4-2-8-21(23)22-9-3-5-11-24(22)25/h2-5,8-11,17-20,25H,6-7,12-16H2,1H3,(H,29,34)(H,32,33)/t17-,18?,19?,20-/m0/s1. The highest BCUT2D eigenvalue weighted by atomic mass is 16.5. The molecule has 2 aromatic rings. The third-order valence-electron chi connectivity index (χ3n) is 8.19. The lowest BCUT2D eigenvalue weighted by Crippen LogP contribution is -2.50. The first-order valence-corrected chi connectivity index (χ1v) is 12.5. The lowest BCUT2D eigenvalue weighted by Gasteiger charge is -2.40. The molecule has 2 saturated carbocycles. The molecule has 184 valence electrons. The Kier molecular flexibility index (Phi) is 6.50. The molecule has 5 rings (SSSR count). The van der Waals surface area contributed by atoms with E-state index in [2.05, 4.69) is 29.6 Å². The molecule has 7 heteroatoms. The number of carbonyl (C=O) groups is 3. The molecule has 0 aromatic heterocycles. The number of amides is 2. The molecular formula is C28H32N2O5. The molecule has 2 amide bonds. The van der Waals surface area contributed by atoms with Crippen LogP contribution in [-0.4, -0.2) is 54.2 Å². The minimum absolute atomic E-state index is 0.0000543. The van der Waals surface area contributed by atoms with E-state index in [0.29, 0.717) is 19.4 Å². The highest BCUT2D eigenvalue weighted by Gasteiger charge is 2.42. The fourth-order valence-electron chi connectivity index (χ4n) is 6.02. The van der Waals surface area contributed by atoms with Gasteiger partial charge in [-0.15, -0.1) is 0 Å². The Morgan fingerprint density at radius 2 is 1.63 bits per heavy atom. The summed E-state index contributed by atoms with van der Waals surface area (Å²) in [6, 6.07) is 16.5. The van der Waals surface area contributed by atoms with Crippen LogP contribution in [0.4, 0.5) is 4.79 Å². The first-order valence-electron chi connectivity index (χ1n) is 12.5. The number of aliphatic carboxylic acids is 1. The molecule has 0 heterocycles. The molecule has 2 atom stereocenters. The number of nitrogens with zero attached hydrogens (tertiary/aromatic N) is 1. The zero-order valence-corrected chi connectivity index (χ0v) is 20.0. The third-order valence-corrected chi connectivity index (χ3v) is 8.19. The summed E-state index contributed by atoms with van der Waals surface area (Å²) >= 11 is 0. The Labute approximate surface area is 205 Å². The van der Waals surface area contributed by atoms with Gasteiger partial charge in [-0.25, -0.2) is 4.79 Å². The topological polar surface area (TPSA) is 95.9 Å². The number of fused-ring (bicyclic) bond motifs is 3. The van der Waals surface area contributed by atoms with E-state index in [-0.39, 0.29) is 42.2 Å². The minimum atomic E-state index is -0.784. The largest absolute Gasteiger partial charge is 0.481 e. The van der Waals surface area contributed by atoms with Crippen LogP contribution in [-0.2, 0) is 14.3 Å². The summed E-state index contributed by atoms with van der Waals surface area (Å²) in [6.07, 6.45) is 3.22. The van der Waals surface area contributed by atoms with E-state index in [9.17, 15) is 14.4 Å². The molecule has 0 aliphatic heterocycles. The molecule has 2 aromatic carbocycles. The fraction of sp³-hybridized carbons (Fsp3) is 0.464. The Balaban J connectivity index is 1.13.